The molecule has 2 heterocycles. The molecule has 4 aliphatic rings. The number of hydrogen-bond acceptors (Lipinski definition) is 3. The molecule has 5 unspecified atom stereocenters. The summed E-state index contributed by atoms with van der Waals surface area (Å²) in [5.41, 5.74) is 2.12. The topological polar surface area (TPSA) is 50.2 Å². The van der Waals surface area contributed by atoms with E-state index in [1.165, 1.54) is 37.7 Å². The van der Waals surface area contributed by atoms with Gasteiger partial charge in [0, 0.05) is 13.1 Å². The number of aromatic nitrogens is 2. The van der Waals surface area contributed by atoms with Gasteiger partial charge in [-0.3, -0.25) is 4.79 Å². The summed E-state index contributed by atoms with van der Waals surface area (Å²) in [5, 5.41) is 8.07. The molecule has 1 amide bonds. The maximum atomic E-state index is 13.4. The fourth-order valence-electron chi connectivity index (χ4n) is 6.27. The van der Waals surface area contributed by atoms with Gasteiger partial charge in [-0.05, 0) is 82.1 Å². The van der Waals surface area contributed by atoms with Crippen molar-refractivity contribution in [2.75, 3.05) is 18.0 Å². The number of allylic oxidation sites excluding steroid dienone is 1. The van der Waals surface area contributed by atoms with Gasteiger partial charge in [0.2, 0.25) is 0 Å². The summed E-state index contributed by atoms with van der Waals surface area (Å²) in [6.07, 6.45) is 10.6. The molecule has 3 fully saturated rings. The van der Waals surface area contributed by atoms with Crippen LogP contribution in [0.25, 0.3) is 0 Å². The minimum absolute atomic E-state index is 0.0587. The lowest BCUT2D eigenvalue weighted by molar-refractivity contribution is 0.0894. The minimum Gasteiger partial charge on any atom is -0.356 e. The zero-order valence-electron chi connectivity index (χ0n) is 17.7. The van der Waals surface area contributed by atoms with Crippen molar-refractivity contribution in [3.8, 4) is 0 Å². The molecule has 3 aliphatic carbocycles. The van der Waals surface area contributed by atoms with Crippen molar-refractivity contribution in [2.45, 2.75) is 71.4 Å². The van der Waals surface area contributed by atoms with E-state index in [2.05, 4.69) is 49.1 Å². The number of hydrogen-bond donors (Lipinski definition) is 1. The standard InChI is InChI=1S/C23H34N4O/c1-14-9-15-11-16-17(10-14)20(18(16)12-15)25-21(28)19-13-24-27(23(2,3)4)22(19)26-7-5-6-8-26/h10,13-16,18,20H,5-9,11-12H2,1-4H3,(H,25,28). The van der Waals surface area contributed by atoms with Crippen molar-refractivity contribution in [1.82, 2.24) is 15.1 Å². The summed E-state index contributed by atoms with van der Waals surface area (Å²) >= 11 is 0. The SMILES string of the molecule is CC1C=C2C3CC(C1)CC3C2NC(=O)c1cnn(C(C)(C)C)c1N1CCCC1. The monoisotopic (exact) mass is 382 g/mol. The first-order chi connectivity index (χ1) is 13.3. The van der Waals surface area contributed by atoms with E-state index in [0.717, 1.165) is 36.3 Å². The number of fused-ring (bicyclic) bond motifs is 1. The van der Waals surface area contributed by atoms with E-state index in [4.69, 9.17) is 0 Å². The van der Waals surface area contributed by atoms with Crippen molar-refractivity contribution >= 4 is 11.7 Å². The van der Waals surface area contributed by atoms with Crippen molar-refractivity contribution in [1.29, 1.82) is 0 Å². The van der Waals surface area contributed by atoms with Crippen LogP contribution in [-0.4, -0.2) is 34.8 Å². The third kappa shape index (κ3) is 2.81. The number of nitrogens with one attached hydrogen (secondary N) is 1. The van der Waals surface area contributed by atoms with Crippen LogP contribution in [0.4, 0.5) is 5.82 Å². The first kappa shape index (κ1) is 18.3. The van der Waals surface area contributed by atoms with E-state index in [1.807, 2.05) is 4.68 Å². The largest absolute Gasteiger partial charge is 0.356 e. The van der Waals surface area contributed by atoms with Crippen molar-refractivity contribution in [3.63, 3.8) is 0 Å². The molecular formula is C23H34N4O. The Bertz CT molecular complexity index is 811. The molecule has 2 saturated carbocycles. The van der Waals surface area contributed by atoms with Crippen LogP contribution >= 0.6 is 0 Å². The summed E-state index contributed by atoms with van der Waals surface area (Å²) in [7, 11) is 0. The number of anilines is 1. The van der Waals surface area contributed by atoms with E-state index in [0.29, 0.717) is 11.8 Å². The molecule has 5 nitrogen and oxygen atoms in total. The van der Waals surface area contributed by atoms with E-state index in [-0.39, 0.29) is 17.5 Å². The van der Waals surface area contributed by atoms with Crippen LogP contribution < -0.4 is 10.2 Å². The molecule has 1 saturated heterocycles. The molecule has 2 bridgehead atoms. The number of amides is 1. The summed E-state index contributed by atoms with van der Waals surface area (Å²) in [4.78, 5) is 15.7. The fraction of sp³-hybridized carbons (Fsp3) is 0.739. The van der Waals surface area contributed by atoms with E-state index < -0.39 is 0 Å². The highest BCUT2D eigenvalue weighted by Gasteiger charge is 2.53. The summed E-state index contributed by atoms with van der Waals surface area (Å²) in [6.45, 7) is 10.8. The van der Waals surface area contributed by atoms with Crippen molar-refractivity contribution < 1.29 is 4.79 Å². The van der Waals surface area contributed by atoms with Gasteiger partial charge in [0.1, 0.15) is 11.4 Å². The van der Waals surface area contributed by atoms with Gasteiger partial charge in [-0.25, -0.2) is 4.68 Å². The van der Waals surface area contributed by atoms with Gasteiger partial charge in [0.15, 0.2) is 0 Å². The van der Waals surface area contributed by atoms with Crippen LogP contribution in [0.5, 0.6) is 0 Å². The molecule has 1 N–H and O–H groups in total. The molecule has 28 heavy (non-hydrogen) atoms. The third-order valence-corrected chi connectivity index (χ3v) is 7.42. The van der Waals surface area contributed by atoms with Gasteiger partial charge in [-0.1, -0.05) is 13.0 Å². The molecule has 0 spiro atoms. The molecule has 5 atom stereocenters. The lowest BCUT2D eigenvalue weighted by Crippen LogP contribution is -2.53. The van der Waals surface area contributed by atoms with E-state index >= 15 is 0 Å². The molecule has 0 radical (unpaired) electrons. The Morgan fingerprint density at radius 1 is 1.18 bits per heavy atom. The second kappa shape index (κ2) is 6.36. The predicted octanol–water partition coefficient (Wildman–Crippen LogP) is 3.96. The summed E-state index contributed by atoms with van der Waals surface area (Å²) < 4.78 is 2.05. The van der Waals surface area contributed by atoms with E-state index in [9.17, 15) is 4.79 Å². The van der Waals surface area contributed by atoms with Crippen LogP contribution in [0.2, 0.25) is 0 Å². The maximum absolute atomic E-state index is 13.4. The lowest BCUT2D eigenvalue weighted by atomic mass is 9.65. The molecular weight excluding hydrogens is 348 g/mol. The molecule has 0 aromatic carbocycles. The second-order valence-electron chi connectivity index (χ2n) is 10.6. The van der Waals surface area contributed by atoms with Crippen molar-refractivity contribution in [3.05, 3.63) is 23.4 Å². The van der Waals surface area contributed by atoms with Gasteiger partial charge >= 0.3 is 0 Å². The number of rotatable bonds is 3. The summed E-state index contributed by atoms with van der Waals surface area (Å²) in [6, 6.07) is 0.245. The average molecular weight is 383 g/mol. The summed E-state index contributed by atoms with van der Waals surface area (Å²) in [5.74, 6) is 3.95. The Labute approximate surface area is 168 Å². The highest BCUT2D eigenvalue weighted by Crippen LogP contribution is 2.57. The molecule has 152 valence electrons. The third-order valence-electron chi connectivity index (χ3n) is 7.42. The molecule has 1 aromatic heterocycles. The Morgan fingerprint density at radius 2 is 1.93 bits per heavy atom. The Kier molecular flexibility index (Phi) is 4.15. The predicted molar refractivity (Wildman–Crippen MR) is 111 cm³/mol. The molecule has 5 heteroatoms. The number of carbonyl (C=O) groups excluding carboxylic acids is 1. The molecule has 1 aromatic rings. The zero-order valence-corrected chi connectivity index (χ0v) is 17.7. The maximum Gasteiger partial charge on any atom is 0.257 e. The number of nitrogens with zero attached hydrogens (tertiary/aromatic N) is 3. The Morgan fingerprint density at radius 3 is 2.64 bits per heavy atom. The van der Waals surface area contributed by atoms with Gasteiger partial charge in [0.05, 0.1) is 17.8 Å². The highest BCUT2D eigenvalue weighted by atomic mass is 16.1. The molecule has 1 aliphatic heterocycles. The highest BCUT2D eigenvalue weighted by molar-refractivity contribution is 5.99. The molecule has 5 rings (SSSR count). The van der Waals surface area contributed by atoms with Gasteiger partial charge in [-0.15, -0.1) is 0 Å². The Balaban J connectivity index is 1.43. The van der Waals surface area contributed by atoms with Crippen LogP contribution in [0.3, 0.4) is 0 Å². The van der Waals surface area contributed by atoms with Crippen LogP contribution in [-0.2, 0) is 5.54 Å². The Hall–Kier alpha value is -1.78. The smallest absolute Gasteiger partial charge is 0.257 e. The normalized spacial score (nSPS) is 34.1. The van der Waals surface area contributed by atoms with Gasteiger partial charge < -0.3 is 10.2 Å². The quantitative estimate of drug-likeness (QED) is 0.805. The van der Waals surface area contributed by atoms with Crippen LogP contribution in [0, 0.1) is 23.7 Å². The second-order valence-corrected chi connectivity index (χ2v) is 10.6. The van der Waals surface area contributed by atoms with Gasteiger partial charge in [-0.2, -0.15) is 5.10 Å². The first-order valence-corrected chi connectivity index (χ1v) is 11.2. The van der Waals surface area contributed by atoms with Gasteiger partial charge in [0.25, 0.3) is 5.91 Å². The van der Waals surface area contributed by atoms with Crippen LogP contribution in [0.15, 0.2) is 17.8 Å². The van der Waals surface area contributed by atoms with Crippen LogP contribution in [0.1, 0.15) is 70.2 Å². The number of carbonyl (C=O) groups is 1. The zero-order chi connectivity index (χ0) is 19.6. The minimum atomic E-state index is -0.141. The van der Waals surface area contributed by atoms with Crippen molar-refractivity contribution in [2.24, 2.45) is 23.7 Å². The lowest BCUT2D eigenvalue weighted by Gasteiger charge is -2.45. The fourth-order valence-corrected chi connectivity index (χ4v) is 6.27. The first-order valence-electron chi connectivity index (χ1n) is 11.2. The van der Waals surface area contributed by atoms with E-state index in [1.54, 1.807) is 6.20 Å². The average Bonchev–Trinajstić information content (AvgIpc) is 3.31.